The summed E-state index contributed by atoms with van der Waals surface area (Å²) in [7, 11) is 3.42. The summed E-state index contributed by atoms with van der Waals surface area (Å²) in [6.45, 7) is 2.88. The Bertz CT molecular complexity index is 722. The number of likely N-dealkylation sites (N-methyl/N-ethyl adjacent to an activating group) is 1. The summed E-state index contributed by atoms with van der Waals surface area (Å²) >= 11 is 0. The Labute approximate surface area is 161 Å². The molecule has 5 nitrogen and oxygen atoms in total. The monoisotopic (exact) mass is 368 g/mol. The Morgan fingerprint density at radius 1 is 0.963 bits per heavy atom. The molecule has 1 aliphatic rings. The van der Waals surface area contributed by atoms with Crippen LogP contribution in [0.5, 0.6) is 11.5 Å². The van der Waals surface area contributed by atoms with Crippen LogP contribution in [-0.4, -0.2) is 44.7 Å². The van der Waals surface area contributed by atoms with E-state index in [1.54, 1.807) is 31.2 Å². The van der Waals surface area contributed by atoms with E-state index in [0.29, 0.717) is 12.3 Å². The van der Waals surface area contributed by atoms with Gasteiger partial charge < -0.3 is 19.3 Å². The second-order valence-electron chi connectivity index (χ2n) is 6.93. The number of nitrogens with zero attached hydrogens (tertiary/aromatic N) is 2. The van der Waals surface area contributed by atoms with Crippen molar-refractivity contribution in [3.05, 3.63) is 54.1 Å². The van der Waals surface area contributed by atoms with Crippen LogP contribution in [0.15, 0.2) is 48.5 Å². The molecule has 27 heavy (non-hydrogen) atoms. The zero-order chi connectivity index (χ0) is 19.1. The van der Waals surface area contributed by atoms with E-state index in [0.717, 1.165) is 24.4 Å². The summed E-state index contributed by atoms with van der Waals surface area (Å²) in [5.74, 6) is 1.37. The van der Waals surface area contributed by atoms with Crippen molar-refractivity contribution in [1.29, 1.82) is 0 Å². The number of ether oxygens (including phenoxy) is 2. The fraction of sp³-hybridized carbons (Fsp3) is 0.409. The van der Waals surface area contributed by atoms with E-state index >= 15 is 0 Å². The van der Waals surface area contributed by atoms with Gasteiger partial charge in [0.05, 0.1) is 7.11 Å². The van der Waals surface area contributed by atoms with Crippen LogP contribution >= 0.6 is 0 Å². The second-order valence-corrected chi connectivity index (χ2v) is 6.93. The first-order valence-corrected chi connectivity index (χ1v) is 9.50. The van der Waals surface area contributed by atoms with Gasteiger partial charge in [0, 0.05) is 32.4 Å². The van der Waals surface area contributed by atoms with Gasteiger partial charge >= 0.3 is 0 Å². The molecule has 1 aliphatic heterocycles. The van der Waals surface area contributed by atoms with Crippen LogP contribution in [0.4, 0.5) is 5.69 Å². The van der Waals surface area contributed by atoms with Crippen molar-refractivity contribution in [2.75, 3.05) is 38.8 Å². The van der Waals surface area contributed by atoms with E-state index in [1.807, 2.05) is 12.1 Å². The maximum absolute atomic E-state index is 12.3. The molecule has 0 unspecified atom stereocenters. The molecule has 1 fully saturated rings. The number of amides is 1. The van der Waals surface area contributed by atoms with Crippen molar-refractivity contribution in [3.8, 4) is 11.5 Å². The molecule has 144 valence electrons. The molecule has 1 amide bonds. The first-order valence-electron chi connectivity index (χ1n) is 9.50. The lowest BCUT2D eigenvalue weighted by molar-refractivity contribution is -0.132. The molecular weight excluding hydrogens is 340 g/mol. The molecule has 0 aromatic heterocycles. The quantitative estimate of drug-likeness (QED) is 0.747. The molecule has 1 heterocycles. The van der Waals surface area contributed by atoms with Crippen molar-refractivity contribution in [1.82, 2.24) is 4.90 Å². The van der Waals surface area contributed by atoms with Gasteiger partial charge in [-0.2, -0.15) is 0 Å². The Morgan fingerprint density at radius 3 is 2.22 bits per heavy atom. The van der Waals surface area contributed by atoms with Gasteiger partial charge in [0.15, 0.2) is 6.61 Å². The molecule has 5 heteroatoms. The van der Waals surface area contributed by atoms with Gasteiger partial charge in [-0.1, -0.05) is 12.1 Å². The number of methoxy groups -OCH3 is 1. The third-order valence-electron chi connectivity index (χ3n) is 4.92. The Hall–Kier alpha value is -2.69. The highest BCUT2D eigenvalue weighted by atomic mass is 16.5. The Morgan fingerprint density at radius 2 is 1.59 bits per heavy atom. The summed E-state index contributed by atoms with van der Waals surface area (Å²) in [5, 5.41) is 0. The minimum atomic E-state index is -0.0501. The van der Waals surface area contributed by atoms with E-state index in [4.69, 9.17) is 9.47 Å². The van der Waals surface area contributed by atoms with Crippen molar-refractivity contribution in [2.45, 2.75) is 25.8 Å². The van der Waals surface area contributed by atoms with Gasteiger partial charge in [0.25, 0.3) is 5.91 Å². The van der Waals surface area contributed by atoms with Crippen molar-refractivity contribution < 1.29 is 14.3 Å². The third kappa shape index (κ3) is 5.39. The lowest BCUT2D eigenvalue weighted by Gasteiger charge is -2.29. The topological polar surface area (TPSA) is 42.0 Å². The summed E-state index contributed by atoms with van der Waals surface area (Å²) < 4.78 is 10.7. The molecule has 3 rings (SSSR count). The molecule has 0 aliphatic carbocycles. The molecule has 0 radical (unpaired) electrons. The number of benzene rings is 2. The van der Waals surface area contributed by atoms with Crippen LogP contribution in [0.2, 0.25) is 0 Å². The summed E-state index contributed by atoms with van der Waals surface area (Å²) in [6.07, 6.45) is 3.88. The fourth-order valence-electron chi connectivity index (χ4n) is 3.25. The molecule has 0 atom stereocenters. The van der Waals surface area contributed by atoms with Crippen molar-refractivity contribution in [2.24, 2.45) is 0 Å². The maximum atomic E-state index is 12.3. The SMILES string of the molecule is COc1ccc(OCC(=O)N(C)Cc2ccc(N3CCCCC3)cc2)cc1. The standard InChI is InChI=1S/C22H28N2O3/c1-23(22(25)17-27-21-12-10-20(26-2)11-13-21)16-18-6-8-19(9-7-18)24-14-4-3-5-15-24/h6-13H,3-5,14-17H2,1-2H3. The molecule has 2 aromatic rings. The number of anilines is 1. The molecule has 0 bridgehead atoms. The van der Waals surface area contributed by atoms with Gasteiger partial charge in [-0.15, -0.1) is 0 Å². The first-order chi connectivity index (χ1) is 13.2. The smallest absolute Gasteiger partial charge is 0.260 e. The highest BCUT2D eigenvalue weighted by Gasteiger charge is 2.13. The highest BCUT2D eigenvalue weighted by Crippen LogP contribution is 2.21. The number of rotatable bonds is 7. The van der Waals surface area contributed by atoms with Gasteiger partial charge in [-0.25, -0.2) is 0 Å². The maximum Gasteiger partial charge on any atom is 0.260 e. The minimum Gasteiger partial charge on any atom is -0.497 e. The molecule has 0 N–H and O–H groups in total. The van der Waals surface area contributed by atoms with Crippen LogP contribution in [0.25, 0.3) is 0 Å². The predicted octanol–water partition coefficient (Wildman–Crippen LogP) is 3.72. The lowest BCUT2D eigenvalue weighted by atomic mass is 10.1. The van der Waals surface area contributed by atoms with Gasteiger partial charge in [0.2, 0.25) is 0 Å². The second kappa shape index (κ2) is 9.31. The zero-order valence-electron chi connectivity index (χ0n) is 16.2. The van der Waals surface area contributed by atoms with Gasteiger partial charge in [-0.3, -0.25) is 4.79 Å². The largest absolute Gasteiger partial charge is 0.497 e. The lowest BCUT2D eigenvalue weighted by Crippen LogP contribution is -2.31. The number of hydrogen-bond donors (Lipinski definition) is 0. The average Bonchev–Trinajstić information content (AvgIpc) is 2.73. The Kier molecular flexibility index (Phi) is 6.58. The Balaban J connectivity index is 1.48. The van der Waals surface area contributed by atoms with E-state index in [1.165, 1.54) is 24.9 Å². The molecular formula is C22H28N2O3. The van der Waals surface area contributed by atoms with Crippen LogP contribution in [-0.2, 0) is 11.3 Å². The molecule has 1 saturated heterocycles. The number of hydrogen-bond acceptors (Lipinski definition) is 4. The van der Waals surface area contributed by atoms with E-state index < -0.39 is 0 Å². The predicted molar refractivity (Wildman–Crippen MR) is 107 cm³/mol. The van der Waals surface area contributed by atoms with Crippen molar-refractivity contribution in [3.63, 3.8) is 0 Å². The van der Waals surface area contributed by atoms with Crippen LogP contribution in [0.3, 0.4) is 0 Å². The summed E-state index contributed by atoms with van der Waals surface area (Å²) in [5.41, 5.74) is 2.39. The molecule has 0 spiro atoms. The van der Waals surface area contributed by atoms with Gasteiger partial charge in [-0.05, 0) is 61.2 Å². The summed E-state index contributed by atoms with van der Waals surface area (Å²) in [4.78, 5) is 16.5. The van der Waals surface area contributed by atoms with Crippen molar-refractivity contribution >= 4 is 11.6 Å². The highest BCUT2D eigenvalue weighted by molar-refractivity contribution is 5.77. The van der Waals surface area contributed by atoms with Gasteiger partial charge in [0.1, 0.15) is 11.5 Å². The number of carbonyl (C=O) groups is 1. The van der Waals surface area contributed by atoms with Crippen LogP contribution in [0.1, 0.15) is 24.8 Å². The van der Waals surface area contributed by atoms with E-state index in [-0.39, 0.29) is 12.5 Å². The summed E-state index contributed by atoms with van der Waals surface area (Å²) in [6, 6.07) is 15.8. The normalized spacial score (nSPS) is 13.9. The number of carbonyl (C=O) groups excluding carboxylic acids is 1. The van der Waals surface area contributed by atoms with Crippen LogP contribution < -0.4 is 14.4 Å². The molecule has 2 aromatic carbocycles. The first kappa shape index (κ1) is 19.1. The third-order valence-corrected chi connectivity index (χ3v) is 4.92. The average molecular weight is 368 g/mol. The zero-order valence-corrected chi connectivity index (χ0v) is 16.2. The number of piperidine rings is 1. The van der Waals surface area contributed by atoms with Crippen LogP contribution in [0, 0.1) is 0 Å². The fourth-order valence-corrected chi connectivity index (χ4v) is 3.25. The van der Waals surface area contributed by atoms with E-state index in [9.17, 15) is 4.79 Å². The molecule has 0 saturated carbocycles. The minimum absolute atomic E-state index is 0.0225. The van der Waals surface area contributed by atoms with E-state index in [2.05, 4.69) is 29.2 Å².